The fourth-order valence-corrected chi connectivity index (χ4v) is 3.87. The standard InChI is InChI=1S/C10H22O2.2C6H6O3S/c1-7(2)9(5-11)10(6-12)8(3)4;2*7-10(8,9)6-4-2-1-3-5-6/h7-12H,5-6H2,1-4H3;2*1-5H,(H,7,8,9). The van der Waals surface area contributed by atoms with Crippen molar-refractivity contribution in [3.8, 4) is 0 Å². The topological polar surface area (TPSA) is 149 Å². The molecule has 10 heteroatoms. The molecule has 182 valence electrons. The van der Waals surface area contributed by atoms with Crippen LogP contribution in [0.1, 0.15) is 27.7 Å². The van der Waals surface area contributed by atoms with Crippen molar-refractivity contribution in [3.63, 3.8) is 0 Å². The average Bonchev–Trinajstić information content (AvgIpc) is 2.72. The van der Waals surface area contributed by atoms with E-state index in [0.717, 1.165) is 0 Å². The highest BCUT2D eigenvalue weighted by Crippen LogP contribution is 2.26. The first-order valence-corrected chi connectivity index (χ1v) is 12.9. The van der Waals surface area contributed by atoms with Gasteiger partial charge in [-0.05, 0) is 47.9 Å². The third-order valence-corrected chi connectivity index (χ3v) is 6.50. The monoisotopic (exact) mass is 490 g/mol. The summed E-state index contributed by atoms with van der Waals surface area (Å²) in [6, 6.07) is 14.8. The van der Waals surface area contributed by atoms with Gasteiger partial charge in [-0.3, -0.25) is 9.11 Å². The molecule has 2 atom stereocenters. The van der Waals surface area contributed by atoms with E-state index in [2.05, 4.69) is 27.7 Å². The zero-order valence-corrected chi connectivity index (χ0v) is 20.4. The maximum atomic E-state index is 10.4. The number of aliphatic hydroxyl groups is 2. The first-order valence-electron chi connectivity index (χ1n) is 10.0. The Hall–Kier alpha value is -1.82. The minimum atomic E-state index is -4.00. The summed E-state index contributed by atoms with van der Waals surface area (Å²) in [5, 5.41) is 18.3. The number of aliphatic hydroxyl groups excluding tert-OH is 2. The molecule has 2 unspecified atom stereocenters. The zero-order chi connectivity index (χ0) is 24.9. The minimum absolute atomic E-state index is 0.0741. The molecule has 0 bridgehead atoms. The van der Waals surface area contributed by atoms with Gasteiger partial charge in [0, 0.05) is 13.2 Å². The summed E-state index contributed by atoms with van der Waals surface area (Å²) in [6.45, 7) is 8.72. The van der Waals surface area contributed by atoms with Crippen LogP contribution in [0.3, 0.4) is 0 Å². The second-order valence-electron chi connectivity index (χ2n) is 7.76. The fraction of sp³-hybridized carbons (Fsp3) is 0.455. The molecule has 2 aromatic rings. The van der Waals surface area contributed by atoms with Gasteiger partial charge in [-0.25, -0.2) is 0 Å². The normalized spacial score (nSPS) is 13.4. The fourth-order valence-electron chi connectivity index (χ4n) is 2.87. The minimum Gasteiger partial charge on any atom is -0.396 e. The summed E-state index contributed by atoms with van der Waals surface area (Å²) in [5.41, 5.74) is 0. The second kappa shape index (κ2) is 14.4. The molecule has 2 rings (SSSR count). The molecule has 0 aliphatic carbocycles. The first kappa shape index (κ1) is 30.2. The molecule has 0 amide bonds. The van der Waals surface area contributed by atoms with Gasteiger partial charge < -0.3 is 10.2 Å². The summed E-state index contributed by atoms with van der Waals surface area (Å²) in [7, 11) is -8.01. The summed E-state index contributed by atoms with van der Waals surface area (Å²) in [4.78, 5) is -0.148. The van der Waals surface area contributed by atoms with Crippen LogP contribution < -0.4 is 0 Å². The Morgan fingerprint density at radius 2 is 0.844 bits per heavy atom. The van der Waals surface area contributed by atoms with Gasteiger partial charge in [0.2, 0.25) is 0 Å². The van der Waals surface area contributed by atoms with E-state index in [9.17, 15) is 16.8 Å². The van der Waals surface area contributed by atoms with Gasteiger partial charge >= 0.3 is 0 Å². The third kappa shape index (κ3) is 11.7. The van der Waals surface area contributed by atoms with E-state index in [0.29, 0.717) is 11.8 Å². The Labute approximate surface area is 191 Å². The van der Waals surface area contributed by atoms with Crippen molar-refractivity contribution in [1.29, 1.82) is 0 Å². The van der Waals surface area contributed by atoms with E-state index in [1.807, 2.05) is 0 Å². The van der Waals surface area contributed by atoms with Gasteiger partial charge in [-0.1, -0.05) is 64.1 Å². The molecule has 4 N–H and O–H groups in total. The maximum absolute atomic E-state index is 10.4. The van der Waals surface area contributed by atoms with Crippen LogP contribution in [0.25, 0.3) is 0 Å². The van der Waals surface area contributed by atoms with Gasteiger partial charge in [0.1, 0.15) is 0 Å². The van der Waals surface area contributed by atoms with E-state index in [1.165, 1.54) is 24.3 Å². The Morgan fingerprint density at radius 1 is 0.594 bits per heavy atom. The van der Waals surface area contributed by atoms with Crippen LogP contribution in [0, 0.1) is 23.7 Å². The van der Waals surface area contributed by atoms with Crippen molar-refractivity contribution < 1.29 is 36.2 Å². The van der Waals surface area contributed by atoms with E-state index < -0.39 is 20.2 Å². The molecule has 8 nitrogen and oxygen atoms in total. The van der Waals surface area contributed by atoms with Gasteiger partial charge in [0.25, 0.3) is 20.2 Å². The molecule has 0 radical (unpaired) electrons. The molecular formula is C22H34O8S2. The van der Waals surface area contributed by atoms with Crippen molar-refractivity contribution >= 4 is 20.2 Å². The highest BCUT2D eigenvalue weighted by atomic mass is 32.2. The van der Waals surface area contributed by atoms with Crippen molar-refractivity contribution in [2.24, 2.45) is 23.7 Å². The molecule has 0 aliphatic heterocycles. The lowest BCUT2D eigenvalue weighted by Gasteiger charge is -2.30. The first-order chi connectivity index (χ1) is 14.8. The summed E-state index contributed by atoms with van der Waals surface area (Å²) in [6.07, 6.45) is 0. The van der Waals surface area contributed by atoms with Crippen molar-refractivity contribution in [1.82, 2.24) is 0 Å². The Kier molecular flexibility index (Phi) is 13.5. The van der Waals surface area contributed by atoms with Gasteiger partial charge in [0.15, 0.2) is 0 Å². The lowest BCUT2D eigenvalue weighted by molar-refractivity contribution is 0.0633. The Bertz CT molecular complexity index is 876. The van der Waals surface area contributed by atoms with Crippen LogP contribution in [0.15, 0.2) is 70.5 Å². The van der Waals surface area contributed by atoms with Gasteiger partial charge in [-0.15, -0.1) is 0 Å². The van der Waals surface area contributed by atoms with E-state index in [4.69, 9.17) is 19.3 Å². The van der Waals surface area contributed by atoms with Crippen LogP contribution in [0.4, 0.5) is 0 Å². The molecule has 0 saturated heterocycles. The zero-order valence-electron chi connectivity index (χ0n) is 18.7. The van der Waals surface area contributed by atoms with Crippen molar-refractivity contribution in [3.05, 3.63) is 60.7 Å². The number of hydrogen-bond acceptors (Lipinski definition) is 6. The number of hydrogen-bond donors (Lipinski definition) is 4. The molecule has 32 heavy (non-hydrogen) atoms. The molecule has 0 heterocycles. The van der Waals surface area contributed by atoms with Crippen LogP contribution >= 0.6 is 0 Å². The number of rotatable bonds is 7. The predicted molar refractivity (Wildman–Crippen MR) is 123 cm³/mol. The van der Waals surface area contributed by atoms with Crippen LogP contribution in [0.2, 0.25) is 0 Å². The maximum Gasteiger partial charge on any atom is 0.294 e. The molecular weight excluding hydrogens is 456 g/mol. The summed E-state index contributed by atoms with van der Waals surface area (Å²) < 4.78 is 58.5. The highest BCUT2D eigenvalue weighted by Gasteiger charge is 2.25. The Morgan fingerprint density at radius 3 is 0.969 bits per heavy atom. The van der Waals surface area contributed by atoms with Gasteiger partial charge in [0.05, 0.1) is 9.79 Å². The third-order valence-electron chi connectivity index (χ3n) is 4.77. The van der Waals surface area contributed by atoms with E-state index in [1.54, 1.807) is 36.4 Å². The predicted octanol–water partition coefficient (Wildman–Crippen LogP) is 3.38. The van der Waals surface area contributed by atoms with Crippen LogP contribution in [0.5, 0.6) is 0 Å². The summed E-state index contributed by atoms with van der Waals surface area (Å²) in [5.74, 6) is 1.34. The largest absolute Gasteiger partial charge is 0.396 e. The highest BCUT2D eigenvalue weighted by molar-refractivity contribution is 7.86. The van der Waals surface area contributed by atoms with Crippen molar-refractivity contribution in [2.75, 3.05) is 13.2 Å². The van der Waals surface area contributed by atoms with E-state index in [-0.39, 0.29) is 34.8 Å². The second-order valence-corrected chi connectivity index (χ2v) is 10.6. The Balaban J connectivity index is 0.000000452. The van der Waals surface area contributed by atoms with E-state index >= 15 is 0 Å². The lowest BCUT2D eigenvalue weighted by atomic mass is 9.78. The molecule has 0 fully saturated rings. The average molecular weight is 491 g/mol. The molecule has 0 aromatic heterocycles. The SMILES string of the molecule is CC(C)C(CO)C(CO)C(C)C.O=S(=O)(O)c1ccccc1.O=S(=O)(O)c1ccccc1. The molecule has 0 spiro atoms. The van der Waals surface area contributed by atoms with Crippen LogP contribution in [-0.2, 0) is 20.2 Å². The molecule has 2 aromatic carbocycles. The smallest absolute Gasteiger partial charge is 0.294 e. The molecule has 0 saturated carbocycles. The summed E-state index contributed by atoms with van der Waals surface area (Å²) >= 11 is 0. The molecule has 0 aliphatic rings. The van der Waals surface area contributed by atoms with Crippen molar-refractivity contribution in [2.45, 2.75) is 37.5 Å². The van der Waals surface area contributed by atoms with Crippen LogP contribution in [-0.4, -0.2) is 49.4 Å². The number of benzene rings is 2. The van der Waals surface area contributed by atoms with Gasteiger partial charge in [-0.2, -0.15) is 16.8 Å². The lowest BCUT2D eigenvalue weighted by Crippen LogP contribution is -2.30. The quantitative estimate of drug-likeness (QED) is 0.432.